The standard InChI is InChI=1S/C13H19N3O2/c1-10-5-6-11(16(17)18)8-13(10)15(2)12-4-3-7-14-9-12/h5-6,8,12,14H,3-4,7,9H2,1-2H3. The maximum Gasteiger partial charge on any atom is 0.271 e. The first-order valence-electron chi connectivity index (χ1n) is 6.28. The van der Waals surface area contributed by atoms with E-state index in [0.29, 0.717) is 6.04 Å². The zero-order valence-electron chi connectivity index (χ0n) is 10.8. The van der Waals surface area contributed by atoms with Crippen molar-refractivity contribution < 1.29 is 4.92 Å². The number of anilines is 1. The monoisotopic (exact) mass is 249 g/mol. The number of benzene rings is 1. The Bertz CT molecular complexity index is 442. The van der Waals surface area contributed by atoms with Gasteiger partial charge in [-0.25, -0.2) is 0 Å². The Balaban J connectivity index is 2.25. The van der Waals surface area contributed by atoms with Crippen LogP contribution in [0.15, 0.2) is 18.2 Å². The van der Waals surface area contributed by atoms with Crippen molar-refractivity contribution in [3.63, 3.8) is 0 Å². The van der Waals surface area contributed by atoms with E-state index < -0.39 is 0 Å². The van der Waals surface area contributed by atoms with Crippen molar-refractivity contribution in [3.05, 3.63) is 33.9 Å². The number of rotatable bonds is 3. The number of hydrogen-bond donors (Lipinski definition) is 1. The minimum Gasteiger partial charge on any atom is -0.370 e. The fourth-order valence-electron chi connectivity index (χ4n) is 2.45. The largest absolute Gasteiger partial charge is 0.370 e. The number of likely N-dealkylation sites (N-methyl/N-ethyl adjacent to an activating group) is 1. The highest BCUT2D eigenvalue weighted by molar-refractivity contribution is 5.59. The maximum absolute atomic E-state index is 10.8. The van der Waals surface area contributed by atoms with Crippen LogP contribution in [0, 0.1) is 17.0 Å². The summed E-state index contributed by atoms with van der Waals surface area (Å²) >= 11 is 0. The molecule has 1 aromatic carbocycles. The van der Waals surface area contributed by atoms with E-state index in [-0.39, 0.29) is 10.6 Å². The number of nitrogens with zero attached hydrogens (tertiary/aromatic N) is 2. The third-order valence-corrected chi connectivity index (χ3v) is 3.60. The van der Waals surface area contributed by atoms with Crippen molar-refractivity contribution in [2.75, 3.05) is 25.0 Å². The number of non-ortho nitro benzene ring substituents is 1. The summed E-state index contributed by atoms with van der Waals surface area (Å²) in [4.78, 5) is 12.7. The van der Waals surface area contributed by atoms with Gasteiger partial charge in [-0.3, -0.25) is 10.1 Å². The van der Waals surface area contributed by atoms with Gasteiger partial charge in [0, 0.05) is 37.5 Å². The number of piperidine rings is 1. The van der Waals surface area contributed by atoms with Gasteiger partial charge >= 0.3 is 0 Å². The summed E-state index contributed by atoms with van der Waals surface area (Å²) in [5.74, 6) is 0. The van der Waals surface area contributed by atoms with Gasteiger partial charge in [0.1, 0.15) is 0 Å². The third kappa shape index (κ3) is 2.61. The van der Waals surface area contributed by atoms with E-state index in [4.69, 9.17) is 0 Å². The molecule has 1 saturated heterocycles. The lowest BCUT2D eigenvalue weighted by Gasteiger charge is -2.34. The summed E-state index contributed by atoms with van der Waals surface area (Å²) < 4.78 is 0. The van der Waals surface area contributed by atoms with Gasteiger partial charge in [0.2, 0.25) is 0 Å². The molecule has 1 aromatic rings. The molecule has 0 saturated carbocycles. The quantitative estimate of drug-likeness (QED) is 0.658. The van der Waals surface area contributed by atoms with E-state index in [1.807, 2.05) is 20.0 Å². The van der Waals surface area contributed by atoms with Gasteiger partial charge in [0.05, 0.1) is 4.92 Å². The number of nitro groups is 1. The first-order valence-corrected chi connectivity index (χ1v) is 6.28. The van der Waals surface area contributed by atoms with Crippen molar-refractivity contribution in [1.82, 2.24) is 5.32 Å². The lowest BCUT2D eigenvalue weighted by molar-refractivity contribution is -0.384. The zero-order valence-corrected chi connectivity index (χ0v) is 10.8. The van der Waals surface area contributed by atoms with Crippen LogP contribution in [0.5, 0.6) is 0 Å². The minimum atomic E-state index is -0.337. The van der Waals surface area contributed by atoms with Crippen molar-refractivity contribution >= 4 is 11.4 Å². The molecule has 5 heteroatoms. The van der Waals surface area contributed by atoms with Gasteiger partial charge in [-0.05, 0) is 31.9 Å². The topological polar surface area (TPSA) is 58.4 Å². The highest BCUT2D eigenvalue weighted by atomic mass is 16.6. The third-order valence-electron chi connectivity index (χ3n) is 3.60. The van der Waals surface area contributed by atoms with Crippen LogP contribution >= 0.6 is 0 Å². The summed E-state index contributed by atoms with van der Waals surface area (Å²) in [6, 6.07) is 5.47. The van der Waals surface area contributed by atoms with Crippen LogP contribution in [0.1, 0.15) is 18.4 Å². The van der Waals surface area contributed by atoms with Crippen LogP contribution in [0.2, 0.25) is 0 Å². The van der Waals surface area contributed by atoms with Crippen LogP contribution in [-0.4, -0.2) is 31.1 Å². The van der Waals surface area contributed by atoms with E-state index in [0.717, 1.165) is 37.2 Å². The Hall–Kier alpha value is -1.62. The minimum absolute atomic E-state index is 0.159. The Morgan fingerprint density at radius 2 is 2.28 bits per heavy atom. The zero-order chi connectivity index (χ0) is 13.1. The van der Waals surface area contributed by atoms with Crippen molar-refractivity contribution in [2.24, 2.45) is 0 Å². The fraction of sp³-hybridized carbons (Fsp3) is 0.538. The van der Waals surface area contributed by atoms with Crippen molar-refractivity contribution in [1.29, 1.82) is 0 Å². The van der Waals surface area contributed by atoms with Crippen LogP contribution < -0.4 is 10.2 Å². The molecule has 1 aliphatic heterocycles. The van der Waals surface area contributed by atoms with Gasteiger partial charge in [-0.2, -0.15) is 0 Å². The second kappa shape index (κ2) is 5.35. The first kappa shape index (κ1) is 12.8. The molecule has 1 atom stereocenters. The molecule has 0 aromatic heterocycles. The highest BCUT2D eigenvalue weighted by Gasteiger charge is 2.20. The van der Waals surface area contributed by atoms with Crippen LogP contribution in [0.4, 0.5) is 11.4 Å². The molecule has 1 fully saturated rings. The Morgan fingerprint density at radius 3 is 2.89 bits per heavy atom. The number of aryl methyl sites for hydroxylation is 1. The molecule has 0 spiro atoms. The SMILES string of the molecule is Cc1ccc([N+](=O)[O-])cc1N(C)C1CCCNC1. The van der Waals surface area contributed by atoms with E-state index >= 15 is 0 Å². The lowest BCUT2D eigenvalue weighted by atomic mass is 10.0. The molecular formula is C13H19N3O2. The molecule has 1 unspecified atom stereocenters. The molecule has 1 heterocycles. The molecule has 0 radical (unpaired) electrons. The van der Waals surface area contributed by atoms with E-state index in [2.05, 4.69) is 10.2 Å². The second-order valence-electron chi connectivity index (χ2n) is 4.84. The summed E-state index contributed by atoms with van der Waals surface area (Å²) in [6.07, 6.45) is 2.29. The summed E-state index contributed by atoms with van der Waals surface area (Å²) in [6.45, 7) is 4.00. The second-order valence-corrected chi connectivity index (χ2v) is 4.84. The molecule has 0 amide bonds. The van der Waals surface area contributed by atoms with E-state index in [1.54, 1.807) is 12.1 Å². The van der Waals surface area contributed by atoms with Gasteiger partial charge < -0.3 is 10.2 Å². The number of hydrogen-bond acceptors (Lipinski definition) is 4. The molecule has 0 aliphatic carbocycles. The Morgan fingerprint density at radius 1 is 1.50 bits per heavy atom. The molecular weight excluding hydrogens is 230 g/mol. The number of nitro benzene ring substituents is 1. The number of nitrogens with one attached hydrogen (secondary N) is 1. The Labute approximate surface area is 107 Å². The van der Waals surface area contributed by atoms with Crippen LogP contribution in [0.3, 0.4) is 0 Å². The predicted octanol–water partition coefficient (Wildman–Crippen LogP) is 2.09. The van der Waals surface area contributed by atoms with Gasteiger partial charge in [0.25, 0.3) is 5.69 Å². The average Bonchev–Trinajstić information content (AvgIpc) is 2.39. The van der Waals surface area contributed by atoms with E-state index in [1.165, 1.54) is 0 Å². The Kier molecular flexibility index (Phi) is 3.81. The molecule has 2 rings (SSSR count). The normalized spacial score (nSPS) is 19.6. The van der Waals surface area contributed by atoms with Crippen molar-refractivity contribution in [2.45, 2.75) is 25.8 Å². The molecule has 5 nitrogen and oxygen atoms in total. The molecule has 98 valence electrons. The predicted molar refractivity (Wildman–Crippen MR) is 72.1 cm³/mol. The maximum atomic E-state index is 10.8. The van der Waals surface area contributed by atoms with Gasteiger partial charge in [0.15, 0.2) is 0 Å². The molecule has 1 aliphatic rings. The van der Waals surface area contributed by atoms with Crippen LogP contribution in [0.25, 0.3) is 0 Å². The summed E-state index contributed by atoms with van der Waals surface area (Å²) in [5, 5.41) is 14.2. The van der Waals surface area contributed by atoms with Gasteiger partial charge in [-0.1, -0.05) is 6.07 Å². The van der Waals surface area contributed by atoms with E-state index in [9.17, 15) is 10.1 Å². The first-order chi connectivity index (χ1) is 8.59. The molecule has 18 heavy (non-hydrogen) atoms. The fourth-order valence-corrected chi connectivity index (χ4v) is 2.45. The van der Waals surface area contributed by atoms with Crippen LogP contribution in [-0.2, 0) is 0 Å². The average molecular weight is 249 g/mol. The summed E-state index contributed by atoms with van der Waals surface area (Å²) in [5.41, 5.74) is 2.19. The highest BCUT2D eigenvalue weighted by Crippen LogP contribution is 2.27. The van der Waals surface area contributed by atoms with Gasteiger partial charge in [-0.15, -0.1) is 0 Å². The smallest absolute Gasteiger partial charge is 0.271 e. The molecule has 0 bridgehead atoms. The summed E-state index contributed by atoms with van der Waals surface area (Å²) in [7, 11) is 2.02. The van der Waals surface area contributed by atoms with Crippen molar-refractivity contribution in [3.8, 4) is 0 Å². The molecule has 1 N–H and O–H groups in total. The lowest BCUT2D eigenvalue weighted by Crippen LogP contribution is -2.44.